The molecule has 0 bridgehead atoms. The van der Waals surface area contributed by atoms with Gasteiger partial charge in [0.15, 0.2) is 0 Å². The van der Waals surface area contributed by atoms with Crippen LogP contribution < -0.4 is 19.6 Å². The number of hydrogen-bond donors (Lipinski definition) is 0. The average molecular weight is 451 g/mol. The van der Waals surface area contributed by atoms with Crippen molar-refractivity contribution in [2.45, 2.75) is 61.8 Å². The van der Waals surface area contributed by atoms with E-state index in [0.29, 0.717) is 0 Å². The smallest absolute Gasteiger partial charge is 0.0869 e. The van der Waals surface area contributed by atoms with Gasteiger partial charge in [0.2, 0.25) is 0 Å². The Morgan fingerprint density at radius 1 is 0.515 bits per heavy atom. The molecule has 0 fully saturated rings. The Balaban J connectivity index is 2.59. The minimum atomic E-state index is 1.01. The van der Waals surface area contributed by atoms with E-state index in [1.807, 2.05) is 0 Å². The highest BCUT2D eigenvalue weighted by Gasteiger charge is 2.35. The van der Waals surface area contributed by atoms with Crippen molar-refractivity contribution in [3.8, 4) is 11.1 Å². The molecule has 0 aliphatic heterocycles. The fourth-order valence-electron chi connectivity index (χ4n) is 5.72. The van der Waals surface area contributed by atoms with E-state index in [1.165, 1.54) is 45.0 Å². The van der Waals surface area contributed by atoms with Crippen molar-refractivity contribution < 1.29 is 0 Å². The number of benzene rings is 2. The lowest BCUT2D eigenvalue weighted by atomic mass is 9.95. The highest BCUT2D eigenvalue weighted by molar-refractivity contribution is 6.06. The van der Waals surface area contributed by atoms with Crippen LogP contribution in [0.4, 0.5) is 22.7 Å². The van der Waals surface area contributed by atoms with Gasteiger partial charge in [0, 0.05) is 64.3 Å². The van der Waals surface area contributed by atoms with Crippen LogP contribution in [0.15, 0.2) is 24.3 Å². The Labute approximate surface area is 203 Å². The Morgan fingerprint density at radius 3 is 1.39 bits per heavy atom. The summed E-state index contributed by atoms with van der Waals surface area (Å²) in [5.74, 6) is 0. The van der Waals surface area contributed by atoms with E-state index in [4.69, 9.17) is 0 Å². The monoisotopic (exact) mass is 450 g/mol. The molecule has 1 aliphatic rings. The van der Waals surface area contributed by atoms with Gasteiger partial charge in [0.25, 0.3) is 0 Å². The summed E-state index contributed by atoms with van der Waals surface area (Å²) in [6, 6.07) is 9.10. The molecule has 0 saturated heterocycles. The van der Waals surface area contributed by atoms with Crippen molar-refractivity contribution in [1.82, 2.24) is 0 Å². The molecule has 0 heterocycles. The minimum absolute atomic E-state index is 1.01. The second-order valence-electron chi connectivity index (χ2n) is 8.77. The van der Waals surface area contributed by atoms with Gasteiger partial charge in [-0.25, -0.2) is 0 Å². The standard InChI is InChI=1S/C29H46N4/c1-9-30(10-2)26-24-21-22-19-17-18-20-23(22)25(24)27(31(11-3)12-4)29(33(15-7)16-8)28(26)32(13-5)14-6/h17-20H,9-16,21H2,1-8H3. The van der Waals surface area contributed by atoms with E-state index in [9.17, 15) is 0 Å². The fraction of sp³-hybridized carbons (Fsp3) is 0.586. The Hall–Kier alpha value is -2.36. The van der Waals surface area contributed by atoms with Crippen LogP contribution in [0.1, 0.15) is 66.5 Å². The van der Waals surface area contributed by atoms with Crippen LogP contribution >= 0.6 is 0 Å². The third kappa shape index (κ3) is 4.29. The number of nitrogens with zero attached hydrogens (tertiary/aromatic N) is 4. The van der Waals surface area contributed by atoms with E-state index < -0.39 is 0 Å². The van der Waals surface area contributed by atoms with Gasteiger partial charge < -0.3 is 19.6 Å². The van der Waals surface area contributed by atoms with Crippen molar-refractivity contribution in [2.75, 3.05) is 72.0 Å². The molecule has 1 aliphatic carbocycles. The maximum atomic E-state index is 2.61. The van der Waals surface area contributed by atoms with Gasteiger partial charge in [-0.3, -0.25) is 0 Å². The number of anilines is 4. The molecule has 0 amide bonds. The number of rotatable bonds is 12. The normalized spacial score (nSPS) is 11.9. The first kappa shape index (κ1) is 25.3. The van der Waals surface area contributed by atoms with Crippen molar-refractivity contribution in [3.05, 3.63) is 35.4 Å². The molecule has 0 N–H and O–H groups in total. The van der Waals surface area contributed by atoms with E-state index in [1.54, 1.807) is 0 Å². The summed E-state index contributed by atoms with van der Waals surface area (Å²) in [5, 5.41) is 0. The average Bonchev–Trinajstić information content (AvgIpc) is 3.23. The molecular formula is C29H46N4. The quantitative estimate of drug-likeness (QED) is 0.306. The van der Waals surface area contributed by atoms with Gasteiger partial charge in [0.05, 0.1) is 22.7 Å². The molecule has 0 atom stereocenters. The summed E-state index contributed by atoms with van der Waals surface area (Å²) in [6.07, 6.45) is 1.03. The summed E-state index contributed by atoms with van der Waals surface area (Å²) >= 11 is 0. The maximum absolute atomic E-state index is 2.61. The minimum Gasteiger partial charge on any atom is -0.370 e. The topological polar surface area (TPSA) is 13.0 Å². The molecule has 2 aromatic rings. The van der Waals surface area contributed by atoms with Gasteiger partial charge in [-0.2, -0.15) is 0 Å². The molecule has 0 radical (unpaired) electrons. The molecule has 33 heavy (non-hydrogen) atoms. The number of fused-ring (bicyclic) bond motifs is 3. The second-order valence-corrected chi connectivity index (χ2v) is 8.77. The Kier molecular flexibility index (Phi) is 8.56. The Bertz CT molecular complexity index is 920. The Morgan fingerprint density at radius 2 is 0.909 bits per heavy atom. The second kappa shape index (κ2) is 11.2. The molecule has 4 nitrogen and oxygen atoms in total. The molecule has 4 heteroatoms. The first-order valence-corrected chi connectivity index (χ1v) is 13.4. The largest absolute Gasteiger partial charge is 0.370 e. The van der Waals surface area contributed by atoms with Crippen molar-refractivity contribution in [2.24, 2.45) is 0 Å². The zero-order valence-electron chi connectivity index (χ0n) is 22.5. The maximum Gasteiger partial charge on any atom is 0.0869 e. The predicted molar refractivity (Wildman–Crippen MR) is 149 cm³/mol. The van der Waals surface area contributed by atoms with E-state index in [0.717, 1.165) is 58.8 Å². The van der Waals surface area contributed by atoms with E-state index >= 15 is 0 Å². The summed E-state index contributed by atoms with van der Waals surface area (Å²) < 4.78 is 0. The van der Waals surface area contributed by atoms with Gasteiger partial charge in [-0.15, -0.1) is 0 Å². The molecule has 3 rings (SSSR count). The predicted octanol–water partition coefficient (Wildman–Crippen LogP) is 6.64. The van der Waals surface area contributed by atoms with E-state index in [2.05, 4.69) is 99.3 Å². The molecule has 0 saturated carbocycles. The van der Waals surface area contributed by atoms with Gasteiger partial charge in [0.1, 0.15) is 0 Å². The summed E-state index contributed by atoms with van der Waals surface area (Å²) in [6.45, 7) is 26.6. The summed E-state index contributed by atoms with van der Waals surface area (Å²) in [5.41, 5.74) is 11.7. The third-order valence-corrected chi connectivity index (χ3v) is 7.47. The lowest BCUT2D eigenvalue weighted by molar-refractivity contribution is 0.801. The highest BCUT2D eigenvalue weighted by Crippen LogP contribution is 2.57. The van der Waals surface area contributed by atoms with Gasteiger partial charge >= 0.3 is 0 Å². The van der Waals surface area contributed by atoms with Gasteiger partial charge in [-0.05, 0) is 72.1 Å². The van der Waals surface area contributed by atoms with Crippen LogP contribution in [0.2, 0.25) is 0 Å². The zero-order chi connectivity index (χ0) is 24.1. The van der Waals surface area contributed by atoms with Crippen LogP contribution in [0.3, 0.4) is 0 Å². The van der Waals surface area contributed by atoms with Crippen molar-refractivity contribution in [1.29, 1.82) is 0 Å². The van der Waals surface area contributed by atoms with Crippen LogP contribution in [0, 0.1) is 0 Å². The SMILES string of the molecule is CCN(CC)c1c2c(c(N(CC)CC)c(N(CC)CC)c1N(CC)CC)-c1ccccc1C2. The third-order valence-electron chi connectivity index (χ3n) is 7.47. The van der Waals surface area contributed by atoms with Crippen LogP contribution in [-0.2, 0) is 6.42 Å². The lowest BCUT2D eigenvalue weighted by Crippen LogP contribution is -2.35. The van der Waals surface area contributed by atoms with Crippen molar-refractivity contribution in [3.63, 3.8) is 0 Å². The first-order chi connectivity index (χ1) is 16.1. The summed E-state index contributed by atoms with van der Waals surface area (Å²) in [4.78, 5) is 10.4. The first-order valence-electron chi connectivity index (χ1n) is 13.4. The molecule has 0 aromatic heterocycles. The number of hydrogen-bond acceptors (Lipinski definition) is 4. The van der Waals surface area contributed by atoms with Crippen LogP contribution in [0.5, 0.6) is 0 Å². The lowest BCUT2D eigenvalue weighted by Gasteiger charge is -2.41. The fourth-order valence-corrected chi connectivity index (χ4v) is 5.72. The van der Waals surface area contributed by atoms with Crippen LogP contribution in [0.25, 0.3) is 11.1 Å². The summed E-state index contributed by atoms with van der Waals surface area (Å²) in [7, 11) is 0. The highest BCUT2D eigenvalue weighted by atomic mass is 15.3. The molecular weight excluding hydrogens is 404 g/mol. The molecule has 0 unspecified atom stereocenters. The molecule has 0 spiro atoms. The molecule has 182 valence electrons. The van der Waals surface area contributed by atoms with Crippen molar-refractivity contribution >= 4 is 22.7 Å². The molecule has 2 aromatic carbocycles. The van der Waals surface area contributed by atoms with E-state index in [-0.39, 0.29) is 0 Å². The van der Waals surface area contributed by atoms with Gasteiger partial charge in [-0.1, -0.05) is 24.3 Å². The zero-order valence-corrected chi connectivity index (χ0v) is 22.5. The van der Waals surface area contributed by atoms with Crippen LogP contribution in [-0.4, -0.2) is 52.4 Å².